The molecule has 0 bridgehead atoms. The van der Waals surface area contributed by atoms with Crippen LogP contribution >= 0.6 is 0 Å². The number of imidazole rings is 1. The van der Waals surface area contributed by atoms with Gasteiger partial charge in [-0.2, -0.15) is 0 Å². The fourth-order valence-corrected chi connectivity index (χ4v) is 4.97. The maximum Gasteiger partial charge on any atom is 0.163 e. The summed E-state index contributed by atoms with van der Waals surface area (Å²) < 4.78 is 14.7. The summed E-state index contributed by atoms with van der Waals surface area (Å²) in [6, 6.07) is 20.6. The lowest BCUT2D eigenvalue weighted by atomic mass is 10.0. The minimum atomic E-state index is 0.850. The van der Waals surface area contributed by atoms with Crippen LogP contribution in [0.2, 0.25) is 0 Å². The van der Waals surface area contributed by atoms with Gasteiger partial charge in [0.1, 0.15) is 27.8 Å². The first-order valence-corrected chi connectivity index (χ1v) is 10.2. The van der Waals surface area contributed by atoms with E-state index in [0.717, 1.165) is 71.3 Å². The second kappa shape index (κ2) is 5.21. The summed E-state index contributed by atoms with van der Waals surface area (Å²) in [7, 11) is 0. The minimum Gasteiger partial charge on any atom is -0.456 e. The number of fused-ring (bicyclic) bond motifs is 13. The third-order valence-electron chi connectivity index (χ3n) is 6.31. The van der Waals surface area contributed by atoms with Gasteiger partial charge in [0, 0.05) is 45.5 Å². The molecule has 144 valence electrons. The van der Waals surface area contributed by atoms with Crippen LogP contribution in [-0.2, 0) is 0 Å². The summed E-state index contributed by atoms with van der Waals surface area (Å²) in [5.74, 6) is 0. The zero-order valence-corrected chi connectivity index (χ0v) is 16.2. The first-order chi connectivity index (χ1) is 15.4. The van der Waals surface area contributed by atoms with Gasteiger partial charge in [-0.1, -0.05) is 24.3 Å². The predicted molar refractivity (Wildman–Crippen MR) is 123 cm³/mol. The standard InChI is InChI=1S/C26H13N3O2/c1-2-6-20-14(4-1)17-12-22-18(13-21(17)30-20)15-7-8-19-23(25(15)31-22)16-5-3-9-27-24(16)26-28-10-11-29(19)26/h1-13H. The maximum atomic E-state index is 6.52. The topological polar surface area (TPSA) is 56.5 Å². The molecule has 8 aromatic rings. The number of hydrogen-bond donors (Lipinski definition) is 0. The molecule has 5 heterocycles. The predicted octanol–water partition coefficient (Wildman–Crippen LogP) is 6.83. The summed E-state index contributed by atoms with van der Waals surface area (Å²) in [5.41, 5.74) is 6.24. The quantitative estimate of drug-likeness (QED) is 0.262. The first-order valence-electron chi connectivity index (χ1n) is 10.2. The van der Waals surface area contributed by atoms with Gasteiger partial charge in [-0.15, -0.1) is 0 Å². The Morgan fingerprint density at radius 2 is 1.48 bits per heavy atom. The van der Waals surface area contributed by atoms with Gasteiger partial charge in [-0.25, -0.2) is 4.98 Å². The minimum absolute atomic E-state index is 0.850. The molecule has 0 radical (unpaired) electrons. The number of benzene rings is 3. The second-order valence-electron chi connectivity index (χ2n) is 7.90. The molecule has 5 heteroatoms. The van der Waals surface area contributed by atoms with Crippen LogP contribution in [0.3, 0.4) is 0 Å². The van der Waals surface area contributed by atoms with Crippen LogP contribution in [0.4, 0.5) is 0 Å². The monoisotopic (exact) mass is 399 g/mol. The van der Waals surface area contributed by atoms with E-state index in [0.29, 0.717) is 0 Å². The third-order valence-corrected chi connectivity index (χ3v) is 6.31. The van der Waals surface area contributed by atoms with E-state index >= 15 is 0 Å². The largest absolute Gasteiger partial charge is 0.456 e. The highest BCUT2D eigenvalue weighted by Crippen LogP contribution is 2.40. The SMILES string of the molecule is c1ccc2c(c1)oc1cc3c(cc12)oc1c3ccc2c1c1cccnc1c1nccn21. The molecular formula is C26H13N3O2. The molecule has 5 aromatic heterocycles. The van der Waals surface area contributed by atoms with Crippen molar-refractivity contribution in [1.82, 2.24) is 14.4 Å². The van der Waals surface area contributed by atoms with Crippen molar-refractivity contribution >= 4 is 71.3 Å². The summed E-state index contributed by atoms with van der Waals surface area (Å²) in [6.45, 7) is 0. The number of para-hydroxylation sites is 1. The number of rotatable bonds is 0. The molecule has 0 aliphatic heterocycles. The molecule has 0 unspecified atom stereocenters. The maximum absolute atomic E-state index is 6.52. The van der Waals surface area contributed by atoms with Crippen molar-refractivity contribution in [2.24, 2.45) is 0 Å². The van der Waals surface area contributed by atoms with Crippen LogP contribution in [0.5, 0.6) is 0 Å². The molecule has 8 rings (SSSR count). The third kappa shape index (κ3) is 1.82. The molecule has 0 aliphatic rings. The lowest BCUT2D eigenvalue weighted by Gasteiger charge is -2.07. The summed E-state index contributed by atoms with van der Waals surface area (Å²) in [5, 5.41) is 6.36. The van der Waals surface area contributed by atoms with E-state index in [-0.39, 0.29) is 0 Å². The van der Waals surface area contributed by atoms with Crippen molar-refractivity contribution in [3.05, 3.63) is 79.3 Å². The van der Waals surface area contributed by atoms with Gasteiger partial charge in [-0.05, 0) is 36.4 Å². The van der Waals surface area contributed by atoms with Crippen molar-refractivity contribution in [2.75, 3.05) is 0 Å². The molecule has 0 saturated heterocycles. The van der Waals surface area contributed by atoms with E-state index in [9.17, 15) is 0 Å². The molecular weight excluding hydrogens is 386 g/mol. The highest BCUT2D eigenvalue weighted by molar-refractivity contribution is 6.24. The van der Waals surface area contributed by atoms with Gasteiger partial charge < -0.3 is 8.83 Å². The summed E-state index contributed by atoms with van der Waals surface area (Å²) in [6.07, 6.45) is 5.59. The molecule has 0 fully saturated rings. The molecule has 0 saturated carbocycles. The summed E-state index contributed by atoms with van der Waals surface area (Å²) >= 11 is 0. The van der Waals surface area contributed by atoms with Crippen molar-refractivity contribution < 1.29 is 8.83 Å². The Balaban J connectivity index is 1.62. The van der Waals surface area contributed by atoms with Crippen LogP contribution in [0.25, 0.3) is 71.3 Å². The van der Waals surface area contributed by atoms with Crippen molar-refractivity contribution in [3.8, 4) is 0 Å². The van der Waals surface area contributed by atoms with Crippen LogP contribution < -0.4 is 0 Å². The van der Waals surface area contributed by atoms with E-state index in [1.165, 1.54) is 0 Å². The average Bonchev–Trinajstić information content (AvgIpc) is 3.52. The molecule has 0 spiro atoms. The number of hydrogen-bond acceptors (Lipinski definition) is 4. The second-order valence-corrected chi connectivity index (χ2v) is 7.90. The average molecular weight is 399 g/mol. The van der Waals surface area contributed by atoms with Gasteiger partial charge in [0.2, 0.25) is 0 Å². The van der Waals surface area contributed by atoms with Gasteiger partial charge in [0.25, 0.3) is 0 Å². The van der Waals surface area contributed by atoms with Gasteiger partial charge in [0.15, 0.2) is 5.65 Å². The Labute approximate surface area is 174 Å². The van der Waals surface area contributed by atoms with E-state index in [1.54, 1.807) is 6.20 Å². The van der Waals surface area contributed by atoms with E-state index < -0.39 is 0 Å². The van der Waals surface area contributed by atoms with Crippen molar-refractivity contribution in [3.63, 3.8) is 0 Å². The molecule has 3 aromatic carbocycles. The molecule has 0 aliphatic carbocycles. The Morgan fingerprint density at radius 1 is 0.645 bits per heavy atom. The van der Waals surface area contributed by atoms with E-state index in [2.05, 4.69) is 50.8 Å². The highest BCUT2D eigenvalue weighted by Gasteiger charge is 2.18. The van der Waals surface area contributed by atoms with Gasteiger partial charge in [0.05, 0.1) is 10.9 Å². The number of aromatic nitrogens is 3. The van der Waals surface area contributed by atoms with Gasteiger partial charge in [-0.3, -0.25) is 9.38 Å². The van der Waals surface area contributed by atoms with Crippen LogP contribution in [0.15, 0.2) is 88.1 Å². The molecule has 5 nitrogen and oxygen atoms in total. The Morgan fingerprint density at radius 3 is 2.45 bits per heavy atom. The number of furan rings is 2. The van der Waals surface area contributed by atoms with Crippen LogP contribution in [0, 0.1) is 0 Å². The first kappa shape index (κ1) is 15.5. The van der Waals surface area contributed by atoms with E-state index in [1.807, 2.05) is 36.7 Å². The van der Waals surface area contributed by atoms with Crippen molar-refractivity contribution in [1.29, 1.82) is 0 Å². The van der Waals surface area contributed by atoms with Crippen LogP contribution in [-0.4, -0.2) is 14.4 Å². The van der Waals surface area contributed by atoms with E-state index in [4.69, 9.17) is 8.83 Å². The number of pyridine rings is 2. The summed E-state index contributed by atoms with van der Waals surface area (Å²) in [4.78, 5) is 9.16. The lowest BCUT2D eigenvalue weighted by Crippen LogP contribution is -1.92. The smallest absolute Gasteiger partial charge is 0.163 e. The number of nitrogens with zero attached hydrogens (tertiary/aromatic N) is 3. The van der Waals surface area contributed by atoms with Crippen molar-refractivity contribution in [2.45, 2.75) is 0 Å². The fourth-order valence-electron chi connectivity index (χ4n) is 4.97. The highest BCUT2D eigenvalue weighted by atomic mass is 16.3. The normalized spacial score (nSPS) is 12.5. The zero-order valence-electron chi connectivity index (χ0n) is 16.2. The Hall–Kier alpha value is -4.38. The fraction of sp³-hybridized carbons (Fsp3) is 0. The molecule has 0 N–H and O–H groups in total. The van der Waals surface area contributed by atoms with Crippen LogP contribution in [0.1, 0.15) is 0 Å². The molecule has 31 heavy (non-hydrogen) atoms. The lowest BCUT2D eigenvalue weighted by molar-refractivity contribution is 0.665. The molecule has 0 amide bonds. The van der Waals surface area contributed by atoms with Gasteiger partial charge >= 0.3 is 0 Å². The Kier molecular flexibility index (Phi) is 2.60. The molecule has 0 atom stereocenters. The Bertz CT molecular complexity index is 2010. The zero-order chi connectivity index (χ0) is 20.1.